The van der Waals surface area contributed by atoms with Crippen LogP contribution in [0.5, 0.6) is 5.75 Å². The minimum Gasteiger partial charge on any atom is -0.485 e. The highest BCUT2D eigenvalue weighted by molar-refractivity contribution is 5.88. The Morgan fingerprint density at radius 2 is 1.88 bits per heavy atom. The molecule has 0 aliphatic heterocycles. The predicted octanol–water partition coefficient (Wildman–Crippen LogP) is 2.97. The van der Waals surface area contributed by atoms with Gasteiger partial charge in [-0.2, -0.15) is 0 Å². The van der Waals surface area contributed by atoms with Crippen molar-refractivity contribution in [2.75, 3.05) is 13.6 Å². The molecule has 1 N–H and O–H groups in total. The molecule has 88 valence electrons. The number of hydrogen-bond donors (Lipinski definition) is 1. The quantitative estimate of drug-likeness (QED) is 0.867. The first-order chi connectivity index (χ1) is 8.33. The maximum absolute atomic E-state index is 6.20. The Bertz CT molecular complexity index is 526. The average molecular weight is 227 g/mol. The van der Waals surface area contributed by atoms with E-state index in [4.69, 9.17) is 4.74 Å². The maximum atomic E-state index is 6.20. The lowest BCUT2D eigenvalue weighted by molar-refractivity contribution is 0.181. The molecule has 1 aliphatic carbocycles. The van der Waals surface area contributed by atoms with Crippen LogP contribution < -0.4 is 10.1 Å². The van der Waals surface area contributed by atoms with Gasteiger partial charge in [-0.1, -0.05) is 36.4 Å². The molecule has 1 fully saturated rings. The molecule has 1 aliphatic rings. The lowest BCUT2D eigenvalue weighted by atomic mass is 10.1. The van der Waals surface area contributed by atoms with Gasteiger partial charge in [0, 0.05) is 11.9 Å². The third kappa shape index (κ3) is 2.01. The normalized spacial score (nSPS) is 17.0. The standard InChI is InChI=1S/C15H17NO/c1-16-11-15(9-10-15)17-14-8-4-6-12-5-2-3-7-13(12)14/h2-8,16H,9-11H2,1H3. The van der Waals surface area contributed by atoms with E-state index in [-0.39, 0.29) is 5.60 Å². The van der Waals surface area contributed by atoms with Crippen molar-refractivity contribution in [2.45, 2.75) is 18.4 Å². The van der Waals surface area contributed by atoms with Crippen LogP contribution in [-0.4, -0.2) is 19.2 Å². The predicted molar refractivity (Wildman–Crippen MR) is 70.5 cm³/mol. The number of likely N-dealkylation sites (N-methyl/N-ethyl adjacent to an activating group) is 1. The fraction of sp³-hybridized carbons (Fsp3) is 0.333. The van der Waals surface area contributed by atoms with Crippen LogP contribution in [0.3, 0.4) is 0 Å². The van der Waals surface area contributed by atoms with Gasteiger partial charge in [0.05, 0.1) is 0 Å². The molecule has 0 spiro atoms. The Kier molecular flexibility index (Phi) is 2.52. The Labute approximate surface area is 102 Å². The Morgan fingerprint density at radius 3 is 2.65 bits per heavy atom. The van der Waals surface area contributed by atoms with E-state index in [0.29, 0.717) is 0 Å². The molecule has 2 heteroatoms. The summed E-state index contributed by atoms with van der Waals surface area (Å²) in [5.74, 6) is 1.01. The Morgan fingerprint density at radius 1 is 1.12 bits per heavy atom. The van der Waals surface area contributed by atoms with Crippen LogP contribution in [0.4, 0.5) is 0 Å². The summed E-state index contributed by atoms with van der Waals surface area (Å²) in [6.07, 6.45) is 2.30. The van der Waals surface area contributed by atoms with E-state index in [9.17, 15) is 0 Å². The molecule has 0 unspecified atom stereocenters. The van der Waals surface area contributed by atoms with Gasteiger partial charge >= 0.3 is 0 Å². The second-order valence-electron chi connectivity index (χ2n) is 4.79. The lowest BCUT2D eigenvalue weighted by Crippen LogP contribution is -2.31. The zero-order valence-electron chi connectivity index (χ0n) is 10.1. The summed E-state index contributed by atoms with van der Waals surface area (Å²) in [4.78, 5) is 0. The van der Waals surface area contributed by atoms with Crippen molar-refractivity contribution in [3.63, 3.8) is 0 Å². The summed E-state index contributed by atoms with van der Waals surface area (Å²) in [6.45, 7) is 0.927. The smallest absolute Gasteiger partial charge is 0.128 e. The monoisotopic (exact) mass is 227 g/mol. The molecular formula is C15H17NO. The van der Waals surface area contributed by atoms with E-state index in [1.54, 1.807) is 0 Å². The summed E-state index contributed by atoms with van der Waals surface area (Å²) in [5.41, 5.74) is 0.0406. The first kappa shape index (κ1) is 10.6. The third-order valence-electron chi connectivity index (χ3n) is 3.38. The number of nitrogens with one attached hydrogen (secondary N) is 1. The van der Waals surface area contributed by atoms with E-state index in [2.05, 4.69) is 47.8 Å². The first-order valence-corrected chi connectivity index (χ1v) is 6.14. The largest absolute Gasteiger partial charge is 0.485 e. The average Bonchev–Trinajstić information content (AvgIpc) is 3.10. The van der Waals surface area contributed by atoms with Gasteiger partial charge in [-0.15, -0.1) is 0 Å². The van der Waals surface area contributed by atoms with Gasteiger partial charge in [0.25, 0.3) is 0 Å². The second-order valence-corrected chi connectivity index (χ2v) is 4.79. The first-order valence-electron chi connectivity index (χ1n) is 6.14. The van der Waals surface area contributed by atoms with Crippen molar-refractivity contribution in [1.29, 1.82) is 0 Å². The zero-order valence-corrected chi connectivity index (χ0v) is 10.1. The third-order valence-corrected chi connectivity index (χ3v) is 3.38. The van der Waals surface area contributed by atoms with Crippen LogP contribution in [-0.2, 0) is 0 Å². The lowest BCUT2D eigenvalue weighted by Gasteiger charge is -2.19. The number of rotatable bonds is 4. The number of benzene rings is 2. The van der Waals surface area contributed by atoms with Crippen LogP contribution in [0.25, 0.3) is 10.8 Å². The van der Waals surface area contributed by atoms with Crippen molar-refractivity contribution < 1.29 is 4.74 Å². The highest BCUT2D eigenvalue weighted by Crippen LogP contribution is 2.41. The SMILES string of the molecule is CNCC1(Oc2cccc3ccccc23)CC1. The van der Waals surface area contributed by atoms with Gasteiger partial charge in [-0.3, -0.25) is 0 Å². The summed E-state index contributed by atoms with van der Waals surface area (Å²) < 4.78 is 6.20. The molecule has 3 rings (SSSR count). The van der Waals surface area contributed by atoms with Gasteiger partial charge < -0.3 is 10.1 Å². The summed E-state index contributed by atoms with van der Waals surface area (Å²) in [6, 6.07) is 14.6. The topological polar surface area (TPSA) is 21.3 Å². The van der Waals surface area contributed by atoms with Crippen LogP contribution in [0, 0.1) is 0 Å². The van der Waals surface area contributed by atoms with E-state index in [1.165, 1.54) is 10.8 Å². The van der Waals surface area contributed by atoms with Gasteiger partial charge in [0.15, 0.2) is 0 Å². The number of fused-ring (bicyclic) bond motifs is 1. The summed E-state index contributed by atoms with van der Waals surface area (Å²) >= 11 is 0. The zero-order chi connectivity index (χ0) is 11.7. The molecule has 2 aromatic rings. The van der Waals surface area contributed by atoms with Crippen molar-refractivity contribution in [2.24, 2.45) is 0 Å². The van der Waals surface area contributed by atoms with E-state index >= 15 is 0 Å². The molecular weight excluding hydrogens is 210 g/mol. The van der Waals surface area contributed by atoms with E-state index in [1.807, 2.05) is 7.05 Å². The molecule has 0 bridgehead atoms. The minimum absolute atomic E-state index is 0.0406. The number of ether oxygens (including phenoxy) is 1. The van der Waals surface area contributed by atoms with Crippen molar-refractivity contribution in [3.05, 3.63) is 42.5 Å². The molecule has 17 heavy (non-hydrogen) atoms. The maximum Gasteiger partial charge on any atom is 0.128 e. The molecule has 0 amide bonds. The van der Waals surface area contributed by atoms with Crippen LogP contribution in [0.2, 0.25) is 0 Å². The van der Waals surface area contributed by atoms with Crippen molar-refractivity contribution in [1.82, 2.24) is 5.32 Å². The van der Waals surface area contributed by atoms with Gasteiger partial charge in [0.2, 0.25) is 0 Å². The van der Waals surface area contributed by atoms with Crippen LogP contribution in [0.1, 0.15) is 12.8 Å². The molecule has 0 radical (unpaired) electrons. The fourth-order valence-electron chi connectivity index (χ4n) is 2.29. The fourth-order valence-corrected chi connectivity index (χ4v) is 2.29. The molecule has 0 aromatic heterocycles. The molecule has 2 nitrogen and oxygen atoms in total. The Balaban J connectivity index is 1.95. The van der Waals surface area contributed by atoms with Gasteiger partial charge in [-0.25, -0.2) is 0 Å². The van der Waals surface area contributed by atoms with Crippen LogP contribution >= 0.6 is 0 Å². The van der Waals surface area contributed by atoms with E-state index in [0.717, 1.165) is 25.1 Å². The second kappa shape index (κ2) is 4.04. The molecule has 1 saturated carbocycles. The molecule has 0 atom stereocenters. The molecule has 2 aromatic carbocycles. The van der Waals surface area contributed by atoms with Gasteiger partial charge in [0.1, 0.15) is 11.4 Å². The molecule has 0 saturated heterocycles. The highest BCUT2D eigenvalue weighted by Gasteiger charge is 2.45. The number of hydrogen-bond acceptors (Lipinski definition) is 2. The van der Waals surface area contributed by atoms with Crippen LogP contribution in [0.15, 0.2) is 42.5 Å². The Hall–Kier alpha value is -1.54. The summed E-state index contributed by atoms with van der Waals surface area (Å²) in [5, 5.41) is 5.66. The highest BCUT2D eigenvalue weighted by atomic mass is 16.5. The van der Waals surface area contributed by atoms with Crippen molar-refractivity contribution in [3.8, 4) is 5.75 Å². The van der Waals surface area contributed by atoms with Gasteiger partial charge in [-0.05, 0) is 31.3 Å². The van der Waals surface area contributed by atoms with E-state index < -0.39 is 0 Å². The molecule has 0 heterocycles. The minimum atomic E-state index is 0.0406. The van der Waals surface area contributed by atoms with Crippen molar-refractivity contribution >= 4 is 10.8 Å². The summed E-state index contributed by atoms with van der Waals surface area (Å²) in [7, 11) is 1.98.